The number of azo groups is 1. The summed E-state index contributed by atoms with van der Waals surface area (Å²) < 4.78 is 2.70. The predicted octanol–water partition coefficient (Wildman–Crippen LogP) is 14.0. The second-order valence-electron chi connectivity index (χ2n) is 13.0. The molecule has 0 aliphatic rings. The molecule has 0 spiro atoms. The second-order valence-corrected chi connectivity index (χ2v) is 13.0. The van der Waals surface area contributed by atoms with Crippen molar-refractivity contribution in [1.29, 1.82) is 0 Å². The highest BCUT2D eigenvalue weighted by atomic mass is 15.1. The van der Waals surface area contributed by atoms with Crippen molar-refractivity contribution in [3.8, 4) is 0 Å². The van der Waals surface area contributed by atoms with Crippen LogP contribution in [-0.4, -0.2) is 11.6 Å². The van der Waals surface area contributed by atoms with Gasteiger partial charge < -0.3 is 4.57 Å². The first-order valence-corrected chi connectivity index (χ1v) is 18.0. The van der Waals surface area contributed by atoms with E-state index in [-0.39, 0.29) is 0 Å². The second kappa shape index (κ2) is 20.7. The van der Waals surface area contributed by atoms with Gasteiger partial charge in [-0.25, -0.2) is 0 Å². The zero-order valence-corrected chi connectivity index (χ0v) is 27.9. The Morgan fingerprint density at radius 3 is 1.45 bits per heavy atom. The van der Waals surface area contributed by atoms with Gasteiger partial charge in [-0.1, -0.05) is 154 Å². The van der Waals surface area contributed by atoms with Crippen LogP contribution in [0.25, 0.3) is 21.8 Å². The van der Waals surface area contributed by atoms with Gasteiger partial charge in [0.25, 0.3) is 0 Å². The number of aromatic nitrogens is 1. The summed E-state index contributed by atoms with van der Waals surface area (Å²) >= 11 is 0. The lowest BCUT2D eigenvalue weighted by atomic mass is 9.99. The van der Waals surface area contributed by atoms with E-state index in [1.54, 1.807) is 7.05 Å². The molecule has 3 rings (SSSR count). The van der Waals surface area contributed by atoms with Crippen molar-refractivity contribution < 1.29 is 0 Å². The molecule has 0 fully saturated rings. The number of benzene rings is 2. The highest BCUT2D eigenvalue weighted by molar-refractivity contribution is 6.09. The first kappa shape index (κ1) is 34.3. The van der Waals surface area contributed by atoms with Crippen LogP contribution in [0.3, 0.4) is 0 Å². The van der Waals surface area contributed by atoms with E-state index < -0.39 is 0 Å². The Morgan fingerprint density at radius 1 is 0.548 bits per heavy atom. The largest absolute Gasteiger partial charge is 0.337 e. The Bertz CT molecular complexity index is 1130. The van der Waals surface area contributed by atoms with E-state index >= 15 is 0 Å². The summed E-state index contributed by atoms with van der Waals surface area (Å²) in [7, 11) is 1.77. The van der Waals surface area contributed by atoms with Gasteiger partial charge in [-0.2, -0.15) is 10.2 Å². The first-order valence-electron chi connectivity index (χ1n) is 18.0. The molecule has 0 saturated carbocycles. The molecule has 234 valence electrons. The summed E-state index contributed by atoms with van der Waals surface area (Å²) in [6.07, 6.45) is 30.5. The SMILES string of the molecule is CCCCCCCCCCCCC(CCCCCCCCCCCC)n1c2cc(C)ccc2c2ccc(N=NC)cc21. The summed E-state index contributed by atoms with van der Waals surface area (Å²) in [6, 6.07) is 14.2. The fraction of sp³-hybridized carbons (Fsp3) is 0.692. The van der Waals surface area contributed by atoms with Gasteiger partial charge in [-0.3, -0.25) is 0 Å². The minimum Gasteiger partial charge on any atom is -0.337 e. The normalized spacial score (nSPS) is 12.1. The molecule has 0 N–H and O–H groups in total. The lowest BCUT2D eigenvalue weighted by Gasteiger charge is -2.22. The maximum absolute atomic E-state index is 4.41. The van der Waals surface area contributed by atoms with Crippen LogP contribution in [0.15, 0.2) is 46.6 Å². The van der Waals surface area contributed by atoms with Gasteiger partial charge in [0, 0.05) is 29.4 Å². The molecular weight excluding hydrogens is 510 g/mol. The highest BCUT2D eigenvalue weighted by Crippen LogP contribution is 2.38. The topological polar surface area (TPSA) is 29.6 Å². The summed E-state index contributed by atoms with van der Waals surface area (Å²) in [6.45, 7) is 6.84. The molecule has 1 aromatic heterocycles. The van der Waals surface area contributed by atoms with Crippen molar-refractivity contribution >= 4 is 27.5 Å². The standard InChI is InChI=1S/C39H63N3/c1-5-7-9-11-13-15-17-19-21-23-25-35(26-24-22-20-18-16-14-12-10-8-6-2)42-38-31-33(3)27-29-36(38)37-30-28-34(41-40-4)32-39(37)42/h27-32,35H,5-26H2,1-4H3. The van der Waals surface area contributed by atoms with Crippen molar-refractivity contribution in [2.24, 2.45) is 10.2 Å². The molecular formula is C39H63N3. The van der Waals surface area contributed by atoms with Crippen LogP contribution < -0.4 is 0 Å². The van der Waals surface area contributed by atoms with E-state index in [1.807, 2.05) is 0 Å². The Labute approximate surface area is 259 Å². The lowest BCUT2D eigenvalue weighted by Crippen LogP contribution is -2.09. The van der Waals surface area contributed by atoms with Crippen LogP contribution in [0.4, 0.5) is 5.69 Å². The third-order valence-corrected chi connectivity index (χ3v) is 9.31. The molecule has 0 unspecified atom stereocenters. The molecule has 3 heteroatoms. The molecule has 0 amide bonds. The van der Waals surface area contributed by atoms with Gasteiger partial charge in [0.05, 0.1) is 11.2 Å². The molecule has 0 radical (unpaired) electrons. The smallest absolute Gasteiger partial charge is 0.0873 e. The molecule has 0 saturated heterocycles. The molecule has 0 bridgehead atoms. The molecule has 42 heavy (non-hydrogen) atoms. The molecule has 0 atom stereocenters. The van der Waals surface area contributed by atoms with Crippen LogP contribution in [0.5, 0.6) is 0 Å². The number of hydrogen-bond acceptors (Lipinski definition) is 2. The fourth-order valence-corrected chi connectivity index (χ4v) is 6.85. The summed E-state index contributed by atoms with van der Waals surface area (Å²) in [4.78, 5) is 0. The Hall–Kier alpha value is -2.16. The number of fused-ring (bicyclic) bond motifs is 3. The van der Waals surface area contributed by atoms with E-state index in [1.165, 1.54) is 169 Å². The summed E-state index contributed by atoms with van der Waals surface area (Å²) in [5.41, 5.74) is 5.04. The number of unbranched alkanes of at least 4 members (excludes halogenated alkanes) is 18. The monoisotopic (exact) mass is 574 g/mol. The van der Waals surface area contributed by atoms with Crippen molar-refractivity contribution in [3.05, 3.63) is 42.0 Å². The van der Waals surface area contributed by atoms with Gasteiger partial charge in [-0.05, 0) is 49.6 Å². The summed E-state index contributed by atoms with van der Waals surface area (Å²) in [5, 5.41) is 11.2. The average Bonchev–Trinajstić information content (AvgIpc) is 3.30. The number of rotatable bonds is 24. The zero-order valence-electron chi connectivity index (χ0n) is 27.9. The van der Waals surface area contributed by atoms with E-state index in [2.05, 4.69) is 72.0 Å². The van der Waals surface area contributed by atoms with Crippen molar-refractivity contribution in [2.75, 3.05) is 7.05 Å². The third-order valence-electron chi connectivity index (χ3n) is 9.31. The average molecular weight is 574 g/mol. The Morgan fingerprint density at radius 2 is 0.976 bits per heavy atom. The summed E-state index contributed by atoms with van der Waals surface area (Å²) in [5.74, 6) is 0. The molecule has 1 heterocycles. The van der Waals surface area contributed by atoms with E-state index in [0.29, 0.717) is 6.04 Å². The third kappa shape index (κ3) is 11.5. The van der Waals surface area contributed by atoms with Gasteiger partial charge in [0.2, 0.25) is 0 Å². The predicted molar refractivity (Wildman–Crippen MR) is 187 cm³/mol. The molecule has 0 aliphatic heterocycles. The van der Waals surface area contributed by atoms with Gasteiger partial charge in [-0.15, -0.1) is 0 Å². The van der Waals surface area contributed by atoms with Crippen LogP contribution >= 0.6 is 0 Å². The van der Waals surface area contributed by atoms with Gasteiger partial charge >= 0.3 is 0 Å². The van der Waals surface area contributed by atoms with Crippen molar-refractivity contribution in [1.82, 2.24) is 4.57 Å². The first-order chi connectivity index (χ1) is 20.7. The minimum atomic E-state index is 0.545. The van der Waals surface area contributed by atoms with E-state index in [0.717, 1.165) is 5.69 Å². The van der Waals surface area contributed by atoms with Crippen molar-refractivity contribution in [3.63, 3.8) is 0 Å². The Kier molecular flexibility index (Phi) is 16.9. The number of hydrogen-bond donors (Lipinski definition) is 0. The molecule has 3 nitrogen and oxygen atoms in total. The van der Waals surface area contributed by atoms with Gasteiger partial charge in [0.15, 0.2) is 0 Å². The van der Waals surface area contributed by atoms with E-state index in [4.69, 9.17) is 0 Å². The zero-order chi connectivity index (χ0) is 29.8. The number of nitrogens with zero attached hydrogens (tertiary/aromatic N) is 3. The Balaban J connectivity index is 1.65. The van der Waals surface area contributed by atoms with Crippen LogP contribution in [0.1, 0.15) is 167 Å². The molecule has 3 aromatic rings. The lowest BCUT2D eigenvalue weighted by molar-refractivity contribution is 0.409. The maximum atomic E-state index is 4.41. The minimum absolute atomic E-state index is 0.545. The van der Waals surface area contributed by atoms with Crippen LogP contribution in [-0.2, 0) is 0 Å². The molecule has 0 aliphatic carbocycles. The maximum Gasteiger partial charge on any atom is 0.0873 e. The molecule has 2 aromatic carbocycles. The van der Waals surface area contributed by atoms with Crippen LogP contribution in [0.2, 0.25) is 0 Å². The van der Waals surface area contributed by atoms with Gasteiger partial charge in [0.1, 0.15) is 0 Å². The van der Waals surface area contributed by atoms with Crippen LogP contribution in [0, 0.1) is 6.92 Å². The highest BCUT2D eigenvalue weighted by Gasteiger charge is 2.19. The van der Waals surface area contributed by atoms with E-state index in [9.17, 15) is 0 Å². The van der Waals surface area contributed by atoms with Crippen molar-refractivity contribution in [2.45, 2.75) is 168 Å². The quantitative estimate of drug-likeness (QED) is 0.0753. The number of aryl methyl sites for hydroxylation is 1. The fourth-order valence-electron chi connectivity index (χ4n) is 6.85.